The number of nitrogens with two attached hydrogens (primary N) is 1. The Balaban J connectivity index is 2.79. The van der Waals surface area contributed by atoms with Crippen LogP contribution in [0.4, 0.5) is 4.39 Å². The van der Waals surface area contributed by atoms with Gasteiger partial charge in [0.15, 0.2) is 0 Å². The highest BCUT2D eigenvalue weighted by atomic mass is 19.1. The van der Waals surface area contributed by atoms with Crippen molar-refractivity contribution in [3.05, 3.63) is 35.6 Å². The smallest absolute Gasteiger partial charge is 0.134 e. The summed E-state index contributed by atoms with van der Waals surface area (Å²) in [6.45, 7) is 0.345. The topological polar surface area (TPSA) is 44.5 Å². The summed E-state index contributed by atoms with van der Waals surface area (Å²) in [5.74, 6) is 0.725. The third kappa shape index (κ3) is 2.03. The first kappa shape index (κ1) is 11.7. The van der Waals surface area contributed by atoms with Crippen LogP contribution in [-0.4, -0.2) is 14.2 Å². The molecule has 2 aromatic rings. The van der Waals surface area contributed by atoms with E-state index in [4.69, 9.17) is 15.2 Å². The lowest BCUT2D eigenvalue weighted by molar-refractivity contribution is 0.409. The molecular formula is C13H14FNO2. The average Bonchev–Trinajstić information content (AvgIpc) is 2.37. The van der Waals surface area contributed by atoms with E-state index in [1.54, 1.807) is 25.3 Å². The number of benzene rings is 2. The van der Waals surface area contributed by atoms with Crippen molar-refractivity contribution in [2.24, 2.45) is 5.73 Å². The van der Waals surface area contributed by atoms with E-state index < -0.39 is 0 Å². The fourth-order valence-corrected chi connectivity index (χ4v) is 1.82. The molecule has 2 N–H and O–H groups in total. The van der Waals surface area contributed by atoms with Crippen molar-refractivity contribution < 1.29 is 13.9 Å². The predicted octanol–water partition coefficient (Wildman–Crippen LogP) is 2.45. The number of hydrogen-bond acceptors (Lipinski definition) is 3. The molecule has 0 fully saturated rings. The van der Waals surface area contributed by atoms with E-state index in [2.05, 4.69) is 0 Å². The summed E-state index contributed by atoms with van der Waals surface area (Å²) in [5.41, 5.74) is 6.40. The number of hydrogen-bond donors (Lipinski definition) is 1. The maximum Gasteiger partial charge on any atom is 0.134 e. The third-order valence-corrected chi connectivity index (χ3v) is 2.71. The van der Waals surface area contributed by atoms with Crippen molar-refractivity contribution in [1.82, 2.24) is 0 Å². The van der Waals surface area contributed by atoms with Crippen LogP contribution in [0, 0.1) is 5.82 Å². The van der Waals surface area contributed by atoms with Gasteiger partial charge in [0, 0.05) is 23.4 Å². The summed E-state index contributed by atoms with van der Waals surface area (Å²) in [4.78, 5) is 0. The summed E-state index contributed by atoms with van der Waals surface area (Å²) in [5, 5.41) is 1.17. The van der Waals surface area contributed by atoms with E-state index in [0.29, 0.717) is 28.8 Å². The Bertz CT molecular complexity index is 555. The molecule has 17 heavy (non-hydrogen) atoms. The lowest BCUT2D eigenvalue weighted by atomic mass is 10.0. The van der Waals surface area contributed by atoms with Crippen LogP contribution >= 0.6 is 0 Å². The molecule has 0 saturated carbocycles. The van der Waals surface area contributed by atoms with Crippen LogP contribution in [0.15, 0.2) is 24.3 Å². The van der Waals surface area contributed by atoms with E-state index in [9.17, 15) is 4.39 Å². The molecule has 0 heterocycles. The number of rotatable bonds is 3. The molecule has 0 unspecified atom stereocenters. The van der Waals surface area contributed by atoms with Gasteiger partial charge in [-0.2, -0.15) is 0 Å². The van der Waals surface area contributed by atoms with Crippen LogP contribution < -0.4 is 15.2 Å². The predicted molar refractivity (Wildman–Crippen MR) is 64.9 cm³/mol. The lowest BCUT2D eigenvalue weighted by Gasteiger charge is -2.10. The van der Waals surface area contributed by atoms with Crippen LogP contribution in [0.1, 0.15) is 5.56 Å². The van der Waals surface area contributed by atoms with Gasteiger partial charge < -0.3 is 15.2 Å². The first-order valence-corrected chi connectivity index (χ1v) is 5.23. The summed E-state index contributed by atoms with van der Waals surface area (Å²) >= 11 is 0. The van der Waals surface area contributed by atoms with Gasteiger partial charge in [0.2, 0.25) is 0 Å². The monoisotopic (exact) mass is 235 g/mol. The molecule has 0 aliphatic carbocycles. The van der Waals surface area contributed by atoms with Gasteiger partial charge in [-0.1, -0.05) is 0 Å². The Morgan fingerprint density at radius 2 is 1.82 bits per heavy atom. The molecule has 0 spiro atoms. The highest BCUT2D eigenvalue weighted by Crippen LogP contribution is 2.32. The molecular weight excluding hydrogens is 221 g/mol. The molecule has 0 amide bonds. The molecule has 0 atom stereocenters. The van der Waals surface area contributed by atoms with Crippen LogP contribution in [0.5, 0.6) is 11.5 Å². The van der Waals surface area contributed by atoms with Gasteiger partial charge in [-0.15, -0.1) is 0 Å². The molecule has 0 aromatic heterocycles. The van der Waals surface area contributed by atoms with Crippen LogP contribution in [0.2, 0.25) is 0 Å². The minimum Gasteiger partial charge on any atom is -0.497 e. The Kier molecular flexibility index (Phi) is 3.15. The van der Waals surface area contributed by atoms with Gasteiger partial charge >= 0.3 is 0 Å². The maximum atomic E-state index is 13.9. The first-order chi connectivity index (χ1) is 8.19. The number of methoxy groups -OCH3 is 2. The second kappa shape index (κ2) is 4.59. The maximum absolute atomic E-state index is 13.9. The number of halogens is 1. The van der Waals surface area contributed by atoms with Crippen molar-refractivity contribution in [3.8, 4) is 11.5 Å². The minimum atomic E-state index is -0.340. The highest BCUT2D eigenvalue weighted by molar-refractivity contribution is 5.90. The quantitative estimate of drug-likeness (QED) is 0.888. The van der Waals surface area contributed by atoms with E-state index in [-0.39, 0.29) is 5.82 Å². The van der Waals surface area contributed by atoms with Crippen molar-refractivity contribution in [2.75, 3.05) is 14.2 Å². The van der Waals surface area contributed by atoms with Crippen molar-refractivity contribution in [2.45, 2.75) is 6.54 Å². The molecule has 0 saturated heterocycles. The minimum absolute atomic E-state index is 0.340. The number of ether oxygens (including phenoxy) is 2. The van der Waals surface area contributed by atoms with E-state index in [0.717, 1.165) is 5.56 Å². The molecule has 2 aromatic carbocycles. The highest BCUT2D eigenvalue weighted by Gasteiger charge is 2.10. The van der Waals surface area contributed by atoms with Crippen LogP contribution in [0.25, 0.3) is 10.8 Å². The molecule has 0 aliphatic rings. The van der Waals surface area contributed by atoms with Crippen LogP contribution in [-0.2, 0) is 6.54 Å². The molecule has 0 aliphatic heterocycles. The molecule has 90 valence electrons. The summed E-state index contributed by atoms with van der Waals surface area (Å²) in [7, 11) is 3.05. The zero-order valence-corrected chi connectivity index (χ0v) is 9.79. The first-order valence-electron chi connectivity index (χ1n) is 5.23. The van der Waals surface area contributed by atoms with Gasteiger partial charge in [-0.05, 0) is 23.8 Å². The lowest BCUT2D eigenvalue weighted by Crippen LogP contribution is -1.98. The second-order valence-corrected chi connectivity index (χ2v) is 3.71. The molecule has 3 nitrogen and oxygen atoms in total. The van der Waals surface area contributed by atoms with Gasteiger partial charge in [0.05, 0.1) is 14.2 Å². The zero-order valence-electron chi connectivity index (χ0n) is 9.79. The zero-order chi connectivity index (χ0) is 12.4. The fraction of sp³-hybridized carbons (Fsp3) is 0.231. The Labute approximate surface area is 98.9 Å². The van der Waals surface area contributed by atoms with Crippen LogP contribution in [0.3, 0.4) is 0 Å². The second-order valence-electron chi connectivity index (χ2n) is 3.71. The van der Waals surface area contributed by atoms with Crippen molar-refractivity contribution >= 4 is 10.8 Å². The van der Waals surface area contributed by atoms with E-state index in [1.807, 2.05) is 0 Å². The summed E-state index contributed by atoms with van der Waals surface area (Å²) in [6.07, 6.45) is 0. The Morgan fingerprint density at radius 3 is 2.41 bits per heavy atom. The van der Waals surface area contributed by atoms with Gasteiger partial charge in [0.25, 0.3) is 0 Å². The van der Waals surface area contributed by atoms with Gasteiger partial charge in [0.1, 0.15) is 17.3 Å². The molecule has 2 rings (SSSR count). The van der Waals surface area contributed by atoms with Crippen molar-refractivity contribution in [1.29, 1.82) is 0 Å². The Hall–Kier alpha value is -1.81. The molecule has 0 bridgehead atoms. The van der Waals surface area contributed by atoms with Gasteiger partial charge in [-0.25, -0.2) is 4.39 Å². The fourth-order valence-electron chi connectivity index (χ4n) is 1.82. The summed E-state index contributed by atoms with van der Waals surface area (Å²) < 4.78 is 24.2. The Morgan fingerprint density at radius 1 is 1.06 bits per heavy atom. The van der Waals surface area contributed by atoms with E-state index >= 15 is 0 Å². The average molecular weight is 235 g/mol. The molecule has 4 heteroatoms. The normalized spacial score (nSPS) is 10.6. The van der Waals surface area contributed by atoms with Crippen molar-refractivity contribution in [3.63, 3.8) is 0 Å². The largest absolute Gasteiger partial charge is 0.497 e. The molecule has 0 radical (unpaired) electrons. The van der Waals surface area contributed by atoms with E-state index in [1.165, 1.54) is 13.2 Å². The standard InChI is InChI=1S/C13H14FNO2/c1-16-9-5-11-10(12(14)6-9)3-8(7-15)4-13(11)17-2/h3-6H,7,15H2,1-2H3. The number of fused-ring (bicyclic) bond motifs is 1. The SMILES string of the molecule is COc1cc(F)c2cc(CN)cc(OC)c2c1. The van der Waals surface area contributed by atoms with Gasteiger partial charge in [-0.3, -0.25) is 0 Å². The summed E-state index contributed by atoms with van der Waals surface area (Å²) in [6, 6.07) is 6.63. The third-order valence-electron chi connectivity index (χ3n) is 2.71.